The maximum absolute atomic E-state index is 9.61. The first-order valence-corrected chi connectivity index (χ1v) is 5.71. The Morgan fingerprint density at radius 1 is 1.27 bits per heavy atom. The van der Waals surface area contributed by atoms with E-state index in [9.17, 15) is 5.11 Å². The Morgan fingerprint density at radius 2 is 1.93 bits per heavy atom. The fraction of sp³-hybridized carbons (Fsp3) is 0.571. The van der Waals surface area contributed by atoms with Gasteiger partial charge in [-0.25, -0.2) is 0 Å². The normalized spacial score (nSPS) is 13.9. The molecule has 1 aromatic carbocycles. The molecule has 0 amide bonds. The van der Waals surface area contributed by atoms with Gasteiger partial charge in [0.15, 0.2) is 0 Å². The van der Waals surface area contributed by atoms with E-state index in [-0.39, 0.29) is 11.5 Å². The molecule has 0 aromatic heterocycles. The molecule has 0 bridgehead atoms. The van der Waals surface area contributed by atoms with Gasteiger partial charge in [0.25, 0.3) is 0 Å². The molecule has 0 aliphatic heterocycles. The third kappa shape index (κ3) is 3.67. The van der Waals surface area contributed by atoms with E-state index < -0.39 is 0 Å². The molecular weight excluding hydrogens is 184 g/mol. The Bertz CT molecular complexity index is 309. The predicted molar refractivity (Wildman–Crippen MR) is 65.1 cm³/mol. The van der Waals surface area contributed by atoms with Gasteiger partial charge in [0.2, 0.25) is 0 Å². The summed E-state index contributed by atoms with van der Waals surface area (Å²) >= 11 is 0. The Hall–Kier alpha value is -0.820. The van der Waals surface area contributed by atoms with Crippen LogP contribution in [0.5, 0.6) is 0 Å². The van der Waals surface area contributed by atoms with Crippen molar-refractivity contribution in [3.8, 4) is 0 Å². The largest absolute Gasteiger partial charge is 0.393 e. The summed E-state index contributed by atoms with van der Waals surface area (Å²) in [5, 5.41) is 9.61. The summed E-state index contributed by atoms with van der Waals surface area (Å²) in [5.74, 6) is 0. The molecule has 1 rings (SSSR count). The van der Waals surface area contributed by atoms with Gasteiger partial charge in [-0.2, -0.15) is 0 Å². The van der Waals surface area contributed by atoms with E-state index in [0.29, 0.717) is 0 Å². The van der Waals surface area contributed by atoms with Crippen molar-refractivity contribution >= 4 is 0 Å². The van der Waals surface area contributed by atoms with E-state index in [2.05, 4.69) is 45.0 Å². The van der Waals surface area contributed by atoms with Gasteiger partial charge < -0.3 is 5.11 Å². The van der Waals surface area contributed by atoms with Crippen LogP contribution in [0.2, 0.25) is 0 Å². The van der Waals surface area contributed by atoms with Crippen molar-refractivity contribution in [1.29, 1.82) is 0 Å². The predicted octanol–water partition coefficient (Wildman–Crippen LogP) is 3.30. The highest BCUT2D eigenvalue weighted by Crippen LogP contribution is 2.23. The minimum atomic E-state index is -0.208. The van der Waals surface area contributed by atoms with E-state index in [1.807, 2.05) is 6.92 Å². The fourth-order valence-electron chi connectivity index (χ4n) is 1.58. The molecule has 1 nitrogen and oxygen atoms in total. The minimum Gasteiger partial charge on any atom is -0.393 e. The Kier molecular flexibility index (Phi) is 3.92. The molecular formula is C14H22O. The van der Waals surface area contributed by atoms with Crippen molar-refractivity contribution in [2.75, 3.05) is 0 Å². The summed E-state index contributed by atoms with van der Waals surface area (Å²) in [6, 6.07) is 8.53. The zero-order valence-electron chi connectivity index (χ0n) is 10.2. The first-order valence-electron chi connectivity index (χ1n) is 5.71. The molecule has 1 N–H and O–H groups in total. The molecule has 15 heavy (non-hydrogen) atoms. The molecule has 0 fully saturated rings. The molecule has 84 valence electrons. The molecule has 0 saturated carbocycles. The van der Waals surface area contributed by atoms with Crippen LogP contribution in [0.1, 0.15) is 45.2 Å². The van der Waals surface area contributed by atoms with Gasteiger partial charge in [0.05, 0.1) is 6.10 Å². The summed E-state index contributed by atoms with van der Waals surface area (Å²) in [5.41, 5.74) is 2.76. The lowest BCUT2D eigenvalue weighted by Gasteiger charge is -2.20. The van der Waals surface area contributed by atoms with Crippen molar-refractivity contribution in [3.63, 3.8) is 0 Å². The highest BCUT2D eigenvalue weighted by Gasteiger charge is 2.14. The molecule has 0 spiro atoms. The third-order valence-corrected chi connectivity index (χ3v) is 2.74. The van der Waals surface area contributed by atoms with Crippen LogP contribution in [0.3, 0.4) is 0 Å². The Morgan fingerprint density at radius 3 is 2.47 bits per heavy atom. The number of aliphatic hydroxyl groups is 1. The molecule has 1 atom stereocenters. The Labute approximate surface area is 93.1 Å². The number of aliphatic hydroxyl groups excluding tert-OH is 1. The van der Waals surface area contributed by atoms with Crippen LogP contribution < -0.4 is 0 Å². The lowest BCUT2D eigenvalue weighted by Crippen LogP contribution is -2.13. The van der Waals surface area contributed by atoms with Crippen molar-refractivity contribution in [3.05, 3.63) is 35.4 Å². The van der Waals surface area contributed by atoms with E-state index in [4.69, 9.17) is 0 Å². The van der Waals surface area contributed by atoms with Crippen LogP contribution >= 0.6 is 0 Å². The summed E-state index contributed by atoms with van der Waals surface area (Å²) in [6.07, 6.45) is 1.38. The molecule has 0 heterocycles. The summed E-state index contributed by atoms with van der Waals surface area (Å²) in [6.45, 7) is 8.64. The van der Waals surface area contributed by atoms with Crippen molar-refractivity contribution in [2.45, 2.75) is 52.1 Å². The molecule has 0 unspecified atom stereocenters. The number of rotatable bonds is 3. The number of hydrogen-bond acceptors (Lipinski definition) is 1. The van der Waals surface area contributed by atoms with Crippen LogP contribution in [0, 0.1) is 0 Å². The molecule has 1 aromatic rings. The van der Waals surface area contributed by atoms with E-state index >= 15 is 0 Å². The van der Waals surface area contributed by atoms with Gasteiger partial charge in [0, 0.05) is 0 Å². The number of benzene rings is 1. The average Bonchev–Trinajstić information content (AvgIpc) is 2.17. The van der Waals surface area contributed by atoms with Gasteiger partial charge >= 0.3 is 0 Å². The molecule has 0 saturated heterocycles. The quantitative estimate of drug-likeness (QED) is 0.804. The average molecular weight is 206 g/mol. The summed E-state index contributed by atoms with van der Waals surface area (Å²) in [4.78, 5) is 0. The lowest BCUT2D eigenvalue weighted by molar-refractivity contribution is 0.171. The zero-order chi connectivity index (χ0) is 11.5. The van der Waals surface area contributed by atoms with Crippen molar-refractivity contribution in [2.24, 2.45) is 0 Å². The van der Waals surface area contributed by atoms with Crippen LogP contribution in [0.4, 0.5) is 0 Å². The van der Waals surface area contributed by atoms with E-state index in [0.717, 1.165) is 12.8 Å². The summed E-state index contributed by atoms with van der Waals surface area (Å²) < 4.78 is 0. The maximum atomic E-state index is 9.61. The molecule has 0 aliphatic carbocycles. The van der Waals surface area contributed by atoms with Crippen molar-refractivity contribution < 1.29 is 5.11 Å². The van der Waals surface area contributed by atoms with Gasteiger partial charge in [0.1, 0.15) is 0 Å². The standard InChI is InChI=1S/C14H22O/c1-5-13(15)10-11-7-6-8-12(9-11)14(2,3)4/h6-9,13,15H,5,10H2,1-4H3/t13-/m1/s1. The monoisotopic (exact) mass is 206 g/mol. The van der Waals surface area contributed by atoms with Crippen molar-refractivity contribution in [1.82, 2.24) is 0 Å². The highest BCUT2D eigenvalue weighted by molar-refractivity contribution is 5.28. The molecule has 0 radical (unpaired) electrons. The van der Waals surface area contributed by atoms with Gasteiger partial charge in [-0.3, -0.25) is 0 Å². The topological polar surface area (TPSA) is 20.2 Å². The summed E-state index contributed by atoms with van der Waals surface area (Å²) in [7, 11) is 0. The first kappa shape index (κ1) is 12.3. The van der Waals surface area contributed by atoms with Gasteiger partial charge in [-0.1, -0.05) is 52.0 Å². The molecule has 0 aliphatic rings. The second-order valence-electron chi connectivity index (χ2n) is 5.22. The number of hydrogen-bond donors (Lipinski definition) is 1. The highest BCUT2D eigenvalue weighted by atomic mass is 16.3. The minimum absolute atomic E-state index is 0.188. The van der Waals surface area contributed by atoms with Crippen LogP contribution in [-0.4, -0.2) is 11.2 Å². The smallest absolute Gasteiger partial charge is 0.0577 e. The fourth-order valence-corrected chi connectivity index (χ4v) is 1.58. The van der Waals surface area contributed by atoms with Gasteiger partial charge in [-0.15, -0.1) is 0 Å². The van der Waals surface area contributed by atoms with Crippen LogP contribution in [0.15, 0.2) is 24.3 Å². The maximum Gasteiger partial charge on any atom is 0.0577 e. The van der Waals surface area contributed by atoms with E-state index in [1.54, 1.807) is 0 Å². The first-order chi connectivity index (χ1) is 6.93. The second-order valence-corrected chi connectivity index (χ2v) is 5.22. The van der Waals surface area contributed by atoms with Crippen LogP contribution in [0.25, 0.3) is 0 Å². The van der Waals surface area contributed by atoms with Crippen LogP contribution in [-0.2, 0) is 11.8 Å². The lowest BCUT2D eigenvalue weighted by atomic mass is 9.85. The van der Waals surface area contributed by atoms with Gasteiger partial charge in [-0.05, 0) is 29.4 Å². The zero-order valence-corrected chi connectivity index (χ0v) is 10.2. The molecule has 1 heteroatoms. The second kappa shape index (κ2) is 4.80. The third-order valence-electron chi connectivity index (χ3n) is 2.74. The van der Waals surface area contributed by atoms with E-state index in [1.165, 1.54) is 11.1 Å². The SMILES string of the molecule is CC[C@@H](O)Cc1cccc(C(C)(C)C)c1. The Balaban J connectivity index is 2.84.